The van der Waals surface area contributed by atoms with Crippen LogP contribution in [0.25, 0.3) is 0 Å². The van der Waals surface area contributed by atoms with E-state index in [1.165, 1.54) is 7.11 Å². The van der Waals surface area contributed by atoms with Gasteiger partial charge in [0.1, 0.15) is 0 Å². The number of halogens is 1. The van der Waals surface area contributed by atoms with Crippen LogP contribution >= 0.6 is 11.6 Å². The van der Waals surface area contributed by atoms with E-state index in [4.69, 9.17) is 16.3 Å². The number of hydrogen-bond donors (Lipinski definition) is 1. The van der Waals surface area contributed by atoms with Gasteiger partial charge in [0, 0.05) is 18.7 Å². The van der Waals surface area contributed by atoms with Crippen LogP contribution in [-0.2, 0) is 14.8 Å². The van der Waals surface area contributed by atoms with Crippen LogP contribution in [0.3, 0.4) is 0 Å². The summed E-state index contributed by atoms with van der Waals surface area (Å²) in [6, 6.07) is 7.13. The Hall–Kier alpha value is -0.620. The van der Waals surface area contributed by atoms with Crippen molar-refractivity contribution in [2.45, 2.75) is 6.10 Å². The Morgan fingerprint density at radius 1 is 1.50 bits per heavy atom. The summed E-state index contributed by atoms with van der Waals surface area (Å²) in [4.78, 5) is 0. The zero-order chi connectivity index (χ0) is 12.2. The predicted molar refractivity (Wildman–Crippen MR) is 64.0 cm³/mol. The first kappa shape index (κ1) is 13.4. The largest absolute Gasteiger partial charge is 0.375 e. The normalized spacial score (nSPS) is 13.7. The van der Waals surface area contributed by atoms with E-state index in [9.17, 15) is 8.42 Å². The van der Waals surface area contributed by atoms with Crippen LogP contribution in [0.1, 0.15) is 11.7 Å². The highest BCUT2D eigenvalue weighted by Crippen LogP contribution is 2.19. The lowest BCUT2D eigenvalue weighted by Crippen LogP contribution is -2.28. The quantitative estimate of drug-likeness (QED) is 0.878. The van der Waals surface area contributed by atoms with E-state index in [2.05, 4.69) is 4.72 Å². The van der Waals surface area contributed by atoms with Gasteiger partial charge in [-0.1, -0.05) is 23.7 Å². The molecular formula is C10H14ClNO3S. The summed E-state index contributed by atoms with van der Waals surface area (Å²) < 4.78 is 29.5. The number of nitrogens with one attached hydrogen (secondary N) is 1. The van der Waals surface area contributed by atoms with Crippen LogP contribution in [0.4, 0.5) is 0 Å². The molecule has 0 bridgehead atoms. The van der Waals surface area contributed by atoms with Crippen LogP contribution in [0.2, 0.25) is 5.02 Å². The highest BCUT2D eigenvalue weighted by molar-refractivity contribution is 7.88. The highest BCUT2D eigenvalue weighted by atomic mass is 35.5. The molecule has 0 aliphatic rings. The third-order valence-corrected chi connectivity index (χ3v) is 2.96. The van der Waals surface area contributed by atoms with Crippen LogP contribution in [0.5, 0.6) is 0 Å². The van der Waals surface area contributed by atoms with Crippen molar-refractivity contribution < 1.29 is 13.2 Å². The van der Waals surface area contributed by atoms with Crippen molar-refractivity contribution >= 4 is 21.6 Å². The standard InChI is InChI=1S/C10H14ClNO3S/c1-15-10(7-12-16(2,13)14)8-4-3-5-9(11)6-8/h3-6,10,12H,7H2,1-2H3/t10-/m0/s1. The Labute approximate surface area is 101 Å². The molecule has 0 aromatic heterocycles. The minimum absolute atomic E-state index is 0.190. The van der Waals surface area contributed by atoms with Gasteiger partial charge in [0.15, 0.2) is 0 Å². The Kier molecular flexibility index (Phi) is 4.73. The topological polar surface area (TPSA) is 55.4 Å². The van der Waals surface area contributed by atoms with E-state index in [-0.39, 0.29) is 12.6 Å². The van der Waals surface area contributed by atoms with Gasteiger partial charge in [-0.3, -0.25) is 0 Å². The van der Waals surface area contributed by atoms with E-state index < -0.39 is 10.0 Å². The SMILES string of the molecule is CO[C@@H](CNS(C)(=O)=O)c1cccc(Cl)c1. The molecule has 0 aliphatic heterocycles. The maximum Gasteiger partial charge on any atom is 0.208 e. The molecule has 1 aromatic rings. The molecule has 1 aromatic carbocycles. The highest BCUT2D eigenvalue weighted by Gasteiger charge is 2.12. The third-order valence-electron chi connectivity index (χ3n) is 2.04. The molecule has 0 heterocycles. The summed E-state index contributed by atoms with van der Waals surface area (Å²) in [7, 11) is -1.69. The molecule has 90 valence electrons. The second kappa shape index (κ2) is 5.63. The first-order valence-corrected chi connectivity index (χ1v) is 6.92. The number of benzene rings is 1. The van der Waals surface area contributed by atoms with Gasteiger partial charge in [0.2, 0.25) is 10.0 Å². The van der Waals surface area contributed by atoms with E-state index >= 15 is 0 Å². The first-order chi connectivity index (χ1) is 7.42. The van der Waals surface area contributed by atoms with Gasteiger partial charge in [-0.05, 0) is 17.7 Å². The lowest BCUT2D eigenvalue weighted by Gasteiger charge is -2.15. The molecule has 0 amide bonds. The molecule has 16 heavy (non-hydrogen) atoms. The summed E-state index contributed by atoms with van der Waals surface area (Å²) in [6.07, 6.45) is 0.769. The van der Waals surface area contributed by atoms with Gasteiger partial charge in [-0.2, -0.15) is 0 Å². The Bertz CT molecular complexity index is 447. The van der Waals surface area contributed by atoms with Gasteiger partial charge >= 0.3 is 0 Å². The Morgan fingerprint density at radius 3 is 2.69 bits per heavy atom. The molecule has 0 radical (unpaired) electrons. The van der Waals surface area contributed by atoms with Gasteiger partial charge in [-0.25, -0.2) is 13.1 Å². The lowest BCUT2D eigenvalue weighted by molar-refractivity contribution is 0.107. The zero-order valence-electron chi connectivity index (χ0n) is 9.10. The van der Waals surface area contributed by atoms with E-state index in [0.29, 0.717) is 5.02 Å². The van der Waals surface area contributed by atoms with E-state index in [1.54, 1.807) is 18.2 Å². The molecule has 1 N–H and O–H groups in total. The molecule has 1 rings (SSSR count). The molecule has 0 saturated carbocycles. The second-order valence-electron chi connectivity index (χ2n) is 3.40. The molecule has 0 spiro atoms. The molecule has 6 heteroatoms. The van der Waals surface area contributed by atoms with Gasteiger partial charge in [0.25, 0.3) is 0 Å². The fraction of sp³-hybridized carbons (Fsp3) is 0.400. The van der Waals surface area contributed by atoms with Gasteiger partial charge in [-0.15, -0.1) is 0 Å². The summed E-state index contributed by atoms with van der Waals surface area (Å²) in [6.45, 7) is 0.190. The minimum Gasteiger partial charge on any atom is -0.375 e. The Morgan fingerprint density at radius 2 is 2.19 bits per heavy atom. The molecular weight excluding hydrogens is 250 g/mol. The number of sulfonamides is 1. The van der Waals surface area contributed by atoms with Crippen LogP contribution in [-0.4, -0.2) is 28.3 Å². The maximum atomic E-state index is 11.0. The zero-order valence-corrected chi connectivity index (χ0v) is 10.7. The van der Waals surface area contributed by atoms with Crippen molar-refractivity contribution in [1.82, 2.24) is 4.72 Å². The summed E-state index contributed by atoms with van der Waals surface area (Å²) >= 11 is 5.84. The van der Waals surface area contributed by atoms with E-state index in [1.807, 2.05) is 6.07 Å². The summed E-state index contributed by atoms with van der Waals surface area (Å²) in [5, 5.41) is 0.596. The average molecular weight is 264 g/mol. The predicted octanol–water partition coefficient (Wildman–Crippen LogP) is 1.58. The fourth-order valence-electron chi connectivity index (χ4n) is 1.27. The van der Waals surface area contributed by atoms with Crippen molar-refractivity contribution in [3.8, 4) is 0 Å². The summed E-state index contributed by atoms with van der Waals surface area (Å²) in [5.74, 6) is 0. The lowest BCUT2D eigenvalue weighted by atomic mass is 10.1. The van der Waals surface area contributed by atoms with Gasteiger partial charge in [0.05, 0.1) is 12.4 Å². The molecule has 0 unspecified atom stereocenters. The van der Waals surface area contributed by atoms with Crippen molar-refractivity contribution in [1.29, 1.82) is 0 Å². The third kappa shape index (κ3) is 4.49. The fourth-order valence-corrected chi connectivity index (χ4v) is 1.92. The van der Waals surface area contributed by atoms with Crippen LogP contribution < -0.4 is 4.72 Å². The summed E-state index contributed by atoms with van der Waals surface area (Å²) in [5.41, 5.74) is 0.839. The molecule has 0 aliphatic carbocycles. The van der Waals surface area contributed by atoms with Crippen molar-refractivity contribution in [2.75, 3.05) is 19.9 Å². The number of methoxy groups -OCH3 is 1. The van der Waals surface area contributed by atoms with Gasteiger partial charge < -0.3 is 4.74 Å². The molecule has 0 fully saturated rings. The molecule has 4 nitrogen and oxygen atoms in total. The average Bonchev–Trinajstić information content (AvgIpc) is 2.17. The number of rotatable bonds is 5. The smallest absolute Gasteiger partial charge is 0.208 e. The molecule has 0 saturated heterocycles. The maximum absolute atomic E-state index is 11.0. The second-order valence-corrected chi connectivity index (χ2v) is 5.67. The number of hydrogen-bond acceptors (Lipinski definition) is 3. The monoisotopic (exact) mass is 263 g/mol. The Balaban J connectivity index is 2.75. The molecule has 1 atom stereocenters. The van der Waals surface area contributed by atoms with Crippen molar-refractivity contribution in [3.05, 3.63) is 34.9 Å². The van der Waals surface area contributed by atoms with Crippen molar-refractivity contribution in [3.63, 3.8) is 0 Å². The van der Waals surface area contributed by atoms with Crippen LogP contribution in [0.15, 0.2) is 24.3 Å². The number of ether oxygens (including phenoxy) is 1. The van der Waals surface area contributed by atoms with Crippen LogP contribution in [0, 0.1) is 0 Å². The van der Waals surface area contributed by atoms with E-state index in [0.717, 1.165) is 11.8 Å². The van der Waals surface area contributed by atoms with Crippen molar-refractivity contribution in [2.24, 2.45) is 0 Å². The minimum atomic E-state index is -3.21. The first-order valence-electron chi connectivity index (χ1n) is 4.65.